The Morgan fingerprint density at radius 3 is 2.54 bits per heavy atom. The molecule has 14 heteroatoms. The van der Waals surface area contributed by atoms with Crippen molar-refractivity contribution in [2.45, 2.75) is 17.9 Å². The van der Waals surface area contributed by atoms with Gasteiger partial charge in [0.25, 0.3) is 11.8 Å². The number of benzene rings is 1. The molecule has 4 aromatic rings. The molecule has 190 valence electrons. The van der Waals surface area contributed by atoms with Crippen LogP contribution in [0.2, 0.25) is 0 Å². The lowest BCUT2D eigenvalue weighted by atomic mass is 10.1. The number of nitrogens with zero attached hydrogens (tertiary/aromatic N) is 3. The van der Waals surface area contributed by atoms with Crippen molar-refractivity contribution < 1.29 is 26.8 Å². The number of aromatic nitrogens is 4. The van der Waals surface area contributed by atoms with Crippen molar-refractivity contribution in [1.29, 1.82) is 0 Å². The first-order valence-electron chi connectivity index (χ1n) is 11.0. The SMILES string of the molecule is O=C(Nc1cccnc1C(=O)Nc1n[nH]c2c1CN(S(=O)(=O)c1cc(F)cc(F)c1)CC2)c1ccc[nH]1. The van der Waals surface area contributed by atoms with E-state index in [2.05, 4.69) is 30.8 Å². The summed E-state index contributed by atoms with van der Waals surface area (Å²) < 4.78 is 54.5. The minimum Gasteiger partial charge on any atom is -0.357 e. The first-order chi connectivity index (χ1) is 17.7. The molecule has 1 aliphatic rings. The van der Waals surface area contributed by atoms with Gasteiger partial charge in [0.2, 0.25) is 10.0 Å². The Morgan fingerprint density at radius 1 is 1.03 bits per heavy atom. The van der Waals surface area contributed by atoms with Crippen LogP contribution in [0.4, 0.5) is 20.3 Å². The standard InChI is InChI=1S/C23H19F2N7O4S/c24-13-9-14(25)11-15(10-13)37(35,36)32-8-5-17-16(12-32)21(31-30-17)29-23(34)20-18(3-1-7-27-20)28-22(33)19-4-2-6-26-19/h1-4,6-7,9-11,26H,5,8,12H2,(H,28,33)(H2,29,30,31,34). The number of sulfonamides is 1. The second-order valence-electron chi connectivity index (χ2n) is 8.11. The van der Waals surface area contributed by atoms with E-state index in [1.165, 1.54) is 12.3 Å². The predicted molar refractivity (Wildman–Crippen MR) is 127 cm³/mol. The zero-order valence-corrected chi connectivity index (χ0v) is 19.8. The van der Waals surface area contributed by atoms with E-state index in [1.807, 2.05) is 0 Å². The third-order valence-electron chi connectivity index (χ3n) is 5.72. The van der Waals surface area contributed by atoms with Crippen molar-refractivity contribution in [3.05, 3.63) is 89.1 Å². The Balaban J connectivity index is 1.37. The van der Waals surface area contributed by atoms with E-state index >= 15 is 0 Å². The lowest BCUT2D eigenvalue weighted by Gasteiger charge is -2.26. The number of carbonyl (C=O) groups excluding carboxylic acids is 2. The third-order valence-corrected chi connectivity index (χ3v) is 7.54. The zero-order valence-electron chi connectivity index (χ0n) is 19.0. The van der Waals surface area contributed by atoms with Crippen LogP contribution in [0.1, 0.15) is 32.2 Å². The van der Waals surface area contributed by atoms with Gasteiger partial charge in [-0.2, -0.15) is 9.40 Å². The second-order valence-corrected chi connectivity index (χ2v) is 10.1. The maximum atomic E-state index is 13.7. The number of halogens is 2. The molecular weight excluding hydrogens is 508 g/mol. The molecule has 37 heavy (non-hydrogen) atoms. The Hall–Kier alpha value is -4.43. The third kappa shape index (κ3) is 4.83. The highest BCUT2D eigenvalue weighted by Crippen LogP contribution is 2.29. The van der Waals surface area contributed by atoms with Crippen molar-refractivity contribution in [3.63, 3.8) is 0 Å². The Bertz CT molecular complexity index is 1580. The van der Waals surface area contributed by atoms with Crippen LogP contribution in [0, 0.1) is 11.6 Å². The van der Waals surface area contributed by atoms with Crippen molar-refractivity contribution in [2.24, 2.45) is 0 Å². The zero-order chi connectivity index (χ0) is 26.2. The molecule has 3 aromatic heterocycles. The maximum absolute atomic E-state index is 13.7. The fourth-order valence-electron chi connectivity index (χ4n) is 3.92. The molecule has 0 aliphatic carbocycles. The number of anilines is 2. The van der Waals surface area contributed by atoms with E-state index in [4.69, 9.17) is 0 Å². The summed E-state index contributed by atoms with van der Waals surface area (Å²) in [6, 6.07) is 8.36. The number of hydrogen-bond donors (Lipinski definition) is 4. The van der Waals surface area contributed by atoms with Crippen molar-refractivity contribution in [2.75, 3.05) is 17.2 Å². The van der Waals surface area contributed by atoms with Gasteiger partial charge in [-0.15, -0.1) is 0 Å². The molecule has 4 N–H and O–H groups in total. The highest BCUT2D eigenvalue weighted by Gasteiger charge is 2.32. The van der Waals surface area contributed by atoms with Crippen molar-refractivity contribution in [1.82, 2.24) is 24.5 Å². The summed E-state index contributed by atoms with van der Waals surface area (Å²) in [5.41, 5.74) is 1.36. The van der Waals surface area contributed by atoms with Crippen LogP contribution in [0.25, 0.3) is 0 Å². The summed E-state index contributed by atoms with van der Waals surface area (Å²) in [5.74, 6) is -3.12. The number of hydrogen-bond acceptors (Lipinski definition) is 6. The predicted octanol–water partition coefficient (Wildman–Crippen LogP) is 2.66. The number of amides is 2. The van der Waals surface area contributed by atoms with Gasteiger partial charge in [0, 0.05) is 49.2 Å². The van der Waals surface area contributed by atoms with E-state index in [0.717, 1.165) is 16.4 Å². The van der Waals surface area contributed by atoms with Crippen LogP contribution in [-0.2, 0) is 23.0 Å². The number of pyridine rings is 1. The average Bonchev–Trinajstić information content (AvgIpc) is 3.54. The smallest absolute Gasteiger partial charge is 0.277 e. The Labute approximate surface area is 209 Å². The van der Waals surface area contributed by atoms with Gasteiger partial charge in [-0.05, 0) is 36.4 Å². The first-order valence-corrected chi connectivity index (χ1v) is 12.4. The number of nitrogens with one attached hydrogen (secondary N) is 4. The van der Waals surface area contributed by atoms with Gasteiger partial charge in [0.1, 0.15) is 17.3 Å². The van der Waals surface area contributed by atoms with Crippen molar-refractivity contribution >= 4 is 33.3 Å². The molecule has 0 spiro atoms. The van der Waals surface area contributed by atoms with Gasteiger partial charge in [-0.1, -0.05) is 0 Å². The molecule has 0 bridgehead atoms. The fraction of sp³-hybridized carbons (Fsp3) is 0.130. The van der Waals surface area contributed by atoms with Gasteiger partial charge in [-0.3, -0.25) is 14.7 Å². The quantitative estimate of drug-likeness (QED) is 0.302. The number of rotatable bonds is 6. The van der Waals surface area contributed by atoms with Crippen LogP contribution < -0.4 is 10.6 Å². The Morgan fingerprint density at radius 2 is 1.81 bits per heavy atom. The van der Waals surface area contributed by atoms with Crippen molar-refractivity contribution in [3.8, 4) is 0 Å². The molecule has 11 nitrogen and oxygen atoms in total. The number of aromatic amines is 2. The first kappa shape index (κ1) is 24.3. The molecule has 0 atom stereocenters. The molecular formula is C23H19F2N7O4S. The maximum Gasteiger partial charge on any atom is 0.277 e. The monoisotopic (exact) mass is 527 g/mol. The van der Waals surface area contributed by atoms with E-state index in [0.29, 0.717) is 17.3 Å². The molecule has 5 rings (SSSR count). The largest absolute Gasteiger partial charge is 0.357 e. The summed E-state index contributed by atoms with van der Waals surface area (Å²) in [6.07, 6.45) is 3.20. The van der Waals surface area contributed by atoms with E-state index < -0.39 is 38.4 Å². The molecule has 1 aromatic carbocycles. The van der Waals surface area contributed by atoms with Gasteiger partial charge in [0.05, 0.1) is 10.6 Å². The van der Waals surface area contributed by atoms with Gasteiger partial charge in [-0.25, -0.2) is 22.2 Å². The van der Waals surface area contributed by atoms with Gasteiger partial charge in [0.15, 0.2) is 11.5 Å². The van der Waals surface area contributed by atoms with Gasteiger partial charge >= 0.3 is 0 Å². The van der Waals surface area contributed by atoms with Gasteiger partial charge < -0.3 is 15.6 Å². The van der Waals surface area contributed by atoms with E-state index in [-0.39, 0.29) is 42.4 Å². The summed E-state index contributed by atoms with van der Waals surface area (Å²) in [6.45, 7) is -0.154. The Kier molecular flexibility index (Phi) is 6.27. The molecule has 0 fully saturated rings. The number of H-pyrrole nitrogens is 2. The lowest BCUT2D eigenvalue weighted by Crippen LogP contribution is -2.36. The molecule has 4 heterocycles. The number of carbonyl (C=O) groups is 2. The van der Waals surface area contributed by atoms with Crippen LogP contribution in [0.5, 0.6) is 0 Å². The van der Waals surface area contributed by atoms with Crippen LogP contribution in [0.3, 0.4) is 0 Å². The summed E-state index contributed by atoms with van der Waals surface area (Å²) in [7, 11) is -4.23. The fourth-order valence-corrected chi connectivity index (χ4v) is 5.37. The topological polar surface area (TPSA) is 153 Å². The molecule has 2 amide bonds. The second kappa shape index (κ2) is 9.55. The molecule has 0 radical (unpaired) electrons. The van der Waals surface area contributed by atoms with Crippen LogP contribution >= 0.6 is 0 Å². The number of fused-ring (bicyclic) bond motifs is 1. The summed E-state index contributed by atoms with van der Waals surface area (Å²) in [4.78, 5) is 31.8. The van der Waals surface area contributed by atoms with E-state index in [9.17, 15) is 26.8 Å². The normalized spacial score (nSPS) is 13.7. The highest BCUT2D eigenvalue weighted by molar-refractivity contribution is 7.89. The molecule has 0 unspecified atom stereocenters. The van der Waals surface area contributed by atoms with Crippen LogP contribution in [-0.4, -0.2) is 51.2 Å². The molecule has 0 saturated carbocycles. The van der Waals surface area contributed by atoms with E-state index in [1.54, 1.807) is 24.4 Å². The lowest BCUT2D eigenvalue weighted by molar-refractivity contribution is 0.102. The minimum absolute atomic E-state index is 0.0399. The molecule has 0 saturated heterocycles. The minimum atomic E-state index is -4.23. The molecule has 1 aliphatic heterocycles. The average molecular weight is 528 g/mol. The highest BCUT2D eigenvalue weighted by atomic mass is 32.2. The summed E-state index contributed by atoms with van der Waals surface area (Å²) in [5, 5.41) is 12.1. The van der Waals surface area contributed by atoms with Crippen LogP contribution in [0.15, 0.2) is 59.8 Å². The summed E-state index contributed by atoms with van der Waals surface area (Å²) >= 11 is 0.